The van der Waals surface area contributed by atoms with Crippen LogP contribution in [0.1, 0.15) is 17.3 Å². The van der Waals surface area contributed by atoms with E-state index in [0.29, 0.717) is 18.7 Å². The van der Waals surface area contributed by atoms with Crippen LogP contribution in [0.5, 0.6) is 0 Å². The molecule has 1 amide bonds. The van der Waals surface area contributed by atoms with Crippen LogP contribution in [0.2, 0.25) is 0 Å². The van der Waals surface area contributed by atoms with Crippen molar-refractivity contribution in [2.45, 2.75) is 11.8 Å². The van der Waals surface area contributed by atoms with Crippen molar-refractivity contribution >= 4 is 21.9 Å². The number of carbonyl (C=O) groups excluding carboxylic acids is 2. The number of methoxy groups -OCH3 is 1. The summed E-state index contributed by atoms with van der Waals surface area (Å²) in [5.74, 6) is -0.643. The number of amides is 1. The molecular formula is C16H22N2O6S. The molecule has 1 fully saturated rings. The van der Waals surface area contributed by atoms with Crippen molar-refractivity contribution < 1.29 is 27.5 Å². The Morgan fingerprint density at radius 3 is 2.20 bits per heavy atom. The summed E-state index contributed by atoms with van der Waals surface area (Å²) in [5.41, 5.74) is 0.302. The molecule has 1 heterocycles. The molecule has 0 aliphatic carbocycles. The minimum absolute atomic E-state index is 0.0118. The van der Waals surface area contributed by atoms with Gasteiger partial charge in [-0.15, -0.1) is 0 Å². The SMILES string of the molecule is CCOC(=O)c1ccc(S(=O)(=O)N2CCN(C(=O)COC)CC2)cc1. The Balaban J connectivity index is 2.04. The molecule has 25 heavy (non-hydrogen) atoms. The molecule has 9 heteroatoms. The summed E-state index contributed by atoms with van der Waals surface area (Å²) in [6, 6.07) is 5.65. The summed E-state index contributed by atoms with van der Waals surface area (Å²) >= 11 is 0. The van der Waals surface area contributed by atoms with Crippen molar-refractivity contribution in [3.05, 3.63) is 29.8 Å². The number of sulfonamides is 1. The Bertz CT molecular complexity index is 709. The minimum atomic E-state index is -3.67. The molecule has 0 bridgehead atoms. The van der Waals surface area contributed by atoms with E-state index in [4.69, 9.17) is 9.47 Å². The van der Waals surface area contributed by atoms with Crippen LogP contribution < -0.4 is 0 Å². The predicted octanol–water partition coefficient (Wildman–Crippen LogP) is 0.343. The predicted molar refractivity (Wildman–Crippen MR) is 89.6 cm³/mol. The van der Waals surface area contributed by atoms with Gasteiger partial charge in [0.15, 0.2) is 0 Å². The average Bonchev–Trinajstić information content (AvgIpc) is 2.62. The third kappa shape index (κ3) is 4.56. The Morgan fingerprint density at radius 2 is 1.68 bits per heavy atom. The second-order valence-electron chi connectivity index (χ2n) is 5.46. The van der Waals surface area contributed by atoms with Crippen LogP contribution in [0.25, 0.3) is 0 Å². The van der Waals surface area contributed by atoms with Crippen molar-refractivity contribution in [3.8, 4) is 0 Å². The molecule has 0 N–H and O–H groups in total. The lowest BCUT2D eigenvalue weighted by molar-refractivity contribution is -0.136. The normalized spacial score (nSPS) is 15.8. The third-order valence-electron chi connectivity index (χ3n) is 3.86. The number of benzene rings is 1. The van der Waals surface area contributed by atoms with Gasteiger partial charge in [-0.05, 0) is 31.2 Å². The summed E-state index contributed by atoms with van der Waals surface area (Å²) in [5, 5.41) is 0. The molecule has 0 aromatic heterocycles. The van der Waals surface area contributed by atoms with E-state index in [1.165, 1.54) is 35.7 Å². The van der Waals surface area contributed by atoms with Crippen LogP contribution in [0, 0.1) is 0 Å². The highest BCUT2D eigenvalue weighted by Gasteiger charge is 2.30. The lowest BCUT2D eigenvalue weighted by Crippen LogP contribution is -2.51. The molecule has 0 saturated carbocycles. The Labute approximate surface area is 147 Å². The van der Waals surface area contributed by atoms with Gasteiger partial charge in [0, 0.05) is 33.3 Å². The first kappa shape index (κ1) is 19.4. The first-order valence-corrected chi connectivity index (χ1v) is 9.38. The minimum Gasteiger partial charge on any atom is -0.462 e. The number of hydrogen-bond donors (Lipinski definition) is 0. The molecular weight excluding hydrogens is 348 g/mol. The number of esters is 1. The number of hydrogen-bond acceptors (Lipinski definition) is 6. The number of piperazine rings is 1. The molecule has 8 nitrogen and oxygen atoms in total. The lowest BCUT2D eigenvalue weighted by atomic mass is 10.2. The van der Waals surface area contributed by atoms with Gasteiger partial charge in [0.1, 0.15) is 6.61 Å². The molecule has 138 valence electrons. The zero-order valence-corrected chi connectivity index (χ0v) is 15.1. The summed E-state index contributed by atoms with van der Waals surface area (Å²) in [6.07, 6.45) is 0. The lowest BCUT2D eigenvalue weighted by Gasteiger charge is -2.33. The molecule has 0 unspecified atom stereocenters. The smallest absolute Gasteiger partial charge is 0.338 e. The summed E-state index contributed by atoms with van der Waals surface area (Å²) in [7, 11) is -2.22. The van der Waals surface area contributed by atoms with Gasteiger partial charge >= 0.3 is 5.97 Å². The van der Waals surface area contributed by atoms with Crippen LogP contribution in [0.3, 0.4) is 0 Å². The third-order valence-corrected chi connectivity index (χ3v) is 5.78. The van der Waals surface area contributed by atoms with Crippen molar-refractivity contribution in [1.82, 2.24) is 9.21 Å². The van der Waals surface area contributed by atoms with Crippen molar-refractivity contribution in [2.24, 2.45) is 0 Å². The number of rotatable bonds is 6. The largest absolute Gasteiger partial charge is 0.462 e. The van der Waals surface area contributed by atoms with Gasteiger partial charge < -0.3 is 14.4 Å². The first-order valence-electron chi connectivity index (χ1n) is 7.94. The van der Waals surface area contributed by atoms with E-state index in [1.807, 2.05) is 0 Å². The molecule has 0 atom stereocenters. The van der Waals surface area contributed by atoms with Gasteiger partial charge in [0.2, 0.25) is 15.9 Å². The van der Waals surface area contributed by atoms with Crippen molar-refractivity contribution in [2.75, 3.05) is 46.5 Å². The molecule has 1 aromatic rings. The summed E-state index contributed by atoms with van der Waals surface area (Å²) in [6.45, 7) is 3.03. The highest BCUT2D eigenvalue weighted by Crippen LogP contribution is 2.18. The molecule has 0 radical (unpaired) electrons. The van der Waals surface area contributed by atoms with E-state index in [1.54, 1.807) is 11.8 Å². The van der Waals surface area contributed by atoms with Crippen molar-refractivity contribution in [3.63, 3.8) is 0 Å². The van der Waals surface area contributed by atoms with E-state index >= 15 is 0 Å². The fourth-order valence-electron chi connectivity index (χ4n) is 2.52. The maximum absolute atomic E-state index is 12.7. The quantitative estimate of drug-likeness (QED) is 0.671. The van der Waals surface area contributed by atoms with Gasteiger partial charge in [-0.3, -0.25) is 4.79 Å². The Morgan fingerprint density at radius 1 is 1.08 bits per heavy atom. The number of nitrogens with zero attached hydrogens (tertiary/aromatic N) is 2. The van der Waals surface area contributed by atoms with E-state index in [9.17, 15) is 18.0 Å². The Hall–Kier alpha value is -1.97. The molecule has 2 rings (SSSR count). The van der Waals surface area contributed by atoms with Crippen molar-refractivity contribution in [1.29, 1.82) is 0 Å². The number of carbonyl (C=O) groups is 2. The maximum atomic E-state index is 12.7. The molecule has 1 saturated heterocycles. The second kappa shape index (κ2) is 8.41. The standard InChI is InChI=1S/C16H22N2O6S/c1-3-24-16(20)13-4-6-14(7-5-13)25(21,22)18-10-8-17(9-11-18)15(19)12-23-2/h4-7H,3,8-12H2,1-2H3. The zero-order valence-electron chi connectivity index (χ0n) is 14.3. The topological polar surface area (TPSA) is 93.2 Å². The van der Waals surface area contributed by atoms with E-state index < -0.39 is 16.0 Å². The molecule has 0 spiro atoms. The van der Waals surface area contributed by atoms with E-state index in [0.717, 1.165) is 0 Å². The van der Waals surface area contributed by atoms with Crippen LogP contribution in [0.4, 0.5) is 0 Å². The van der Waals surface area contributed by atoms with Gasteiger partial charge in [0.05, 0.1) is 17.1 Å². The van der Waals surface area contributed by atoms with Crippen LogP contribution >= 0.6 is 0 Å². The fourth-order valence-corrected chi connectivity index (χ4v) is 3.94. The van der Waals surface area contributed by atoms with Gasteiger partial charge in [-0.1, -0.05) is 0 Å². The van der Waals surface area contributed by atoms with Crippen LogP contribution in [-0.4, -0.2) is 76.0 Å². The average molecular weight is 370 g/mol. The first-order chi connectivity index (χ1) is 11.9. The van der Waals surface area contributed by atoms with Crippen LogP contribution in [0.15, 0.2) is 29.2 Å². The second-order valence-corrected chi connectivity index (χ2v) is 7.40. The van der Waals surface area contributed by atoms with E-state index in [2.05, 4.69) is 0 Å². The highest BCUT2D eigenvalue weighted by molar-refractivity contribution is 7.89. The monoisotopic (exact) mass is 370 g/mol. The van der Waals surface area contributed by atoms with E-state index in [-0.39, 0.29) is 37.1 Å². The molecule has 1 aliphatic heterocycles. The Kier molecular flexibility index (Phi) is 6.51. The molecule has 1 aliphatic rings. The van der Waals surface area contributed by atoms with Gasteiger partial charge in [0.25, 0.3) is 0 Å². The summed E-state index contributed by atoms with van der Waals surface area (Å²) in [4.78, 5) is 25.1. The van der Waals surface area contributed by atoms with Crippen LogP contribution in [-0.2, 0) is 24.3 Å². The maximum Gasteiger partial charge on any atom is 0.338 e. The van der Waals surface area contributed by atoms with Gasteiger partial charge in [-0.25, -0.2) is 13.2 Å². The fraction of sp³-hybridized carbons (Fsp3) is 0.500. The summed E-state index contributed by atoms with van der Waals surface area (Å²) < 4.78 is 36.4. The zero-order chi connectivity index (χ0) is 18.4. The molecule has 1 aromatic carbocycles. The highest BCUT2D eigenvalue weighted by atomic mass is 32.2. The number of ether oxygens (including phenoxy) is 2. The van der Waals surface area contributed by atoms with Gasteiger partial charge in [-0.2, -0.15) is 4.31 Å².